The fraction of sp³-hybridized carbons (Fsp3) is 0.462. The van der Waals surface area contributed by atoms with E-state index in [1.165, 1.54) is 12.1 Å². The fourth-order valence-electron chi connectivity index (χ4n) is 2.10. The first kappa shape index (κ1) is 14.4. The van der Waals surface area contributed by atoms with E-state index in [4.69, 9.17) is 27.9 Å². The van der Waals surface area contributed by atoms with Gasteiger partial charge in [-0.1, -0.05) is 23.2 Å². The van der Waals surface area contributed by atoms with Crippen molar-refractivity contribution in [3.8, 4) is 5.75 Å². The van der Waals surface area contributed by atoms with Crippen LogP contribution in [0.15, 0.2) is 12.1 Å². The first-order valence-electron chi connectivity index (χ1n) is 6.11. The van der Waals surface area contributed by atoms with Crippen LogP contribution in [0.3, 0.4) is 0 Å². The maximum atomic E-state index is 12.0. The van der Waals surface area contributed by atoms with E-state index >= 15 is 0 Å². The molecule has 2 N–H and O–H groups in total. The molecule has 0 atom stereocenters. The lowest BCUT2D eigenvalue weighted by Crippen LogP contribution is -2.47. The number of rotatable bonds is 4. The number of carbonyl (C=O) groups excluding carboxylic acids is 1. The number of aromatic hydroxyl groups is 1. The average Bonchev–Trinajstić information content (AvgIpc) is 2.24. The molecule has 1 aliphatic carbocycles. The van der Waals surface area contributed by atoms with Crippen LogP contribution in [0.5, 0.6) is 5.75 Å². The molecule has 1 aliphatic rings. The summed E-state index contributed by atoms with van der Waals surface area (Å²) in [6, 6.07) is 2.79. The van der Waals surface area contributed by atoms with Gasteiger partial charge in [-0.2, -0.15) is 0 Å². The first-order chi connectivity index (χ1) is 9.01. The summed E-state index contributed by atoms with van der Waals surface area (Å²) in [6.45, 7) is 2.62. The number of nitrogens with one attached hydrogen (secondary N) is 1. The monoisotopic (exact) mass is 303 g/mol. The lowest BCUT2D eigenvalue weighted by atomic mass is 9.89. The fourth-order valence-corrected chi connectivity index (χ4v) is 2.67. The second-order valence-electron chi connectivity index (χ2n) is 4.50. The number of phenols is 1. The highest BCUT2D eigenvalue weighted by molar-refractivity contribution is 6.37. The molecule has 19 heavy (non-hydrogen) atoms. The van der Waals surface area contributed by atoms with Gasteiger partial charge in [-0.15, -0.1) is 0 Å². The van der Waals surface area contributed by atoms with E-state index in [0.717, 1.165) is 12.8 Å². The van der Waals surface area contributed by atoms with Crippen LogP contribution < -0.4 is 5.32 Å². The molecule has 0 aliphatic heterocycles. The van der Waals surface area contributed by atoms with Crippen molar-refractivity contribution >= 4 is 29.1 Å². The molecule has 1 fully saturated rings. The zero-order valence-corrected chi connectivity index (χ0v) is 12.0. The highest BCUT2D eigenvalue weighted by atomic mass is 35.5. The number of benzene rings is 1. The van der Waals surface area contributed by atoms with Gasteiger partial charge in [0.05, 0.1) is 16.7 Å². The number of halogens is 2. The summed E-state index contributed by atoms with van der Waals surface area (Å²) in [7, 11) is 0. The Balaban J connectivity index is 1.98. The molecule has 104 valence electrons. The topological polar surface area (TPSA) is 58.6 Å². The normalized spacial score (nSPS) is 21.8. The molecular weight excluding hydrogens is 289 g/mol. The number of ether oxygens (including phenoxy) is 1. The summed E-state index contributed by atoms with van der Waals surface area (Å²) in [5.74, 6) is -0.602. The van der Waals surface area contributed by atoms with Gasteiger partial charge >= 0.3 is 0 Å². The van der Waals surface area contributed by atoms with Crippen LogP contribution in [0.2, 0.25) is 10.0 Å². The maximum absolute atomic E-state index is 12.0. The standard InChI is InChI=1S/C13H15Cl2NO3/c1-2-19-9-5-8(6-9)16-13(18)12-10(15)3-7(14)4-11(12)17/h3-4,8-9,17H,2,5-6H2,1H3,(H,16,18). The van der Waals surface area contributed by atoms with Crippen molar-refractivity contribution in [3.63, 3.8) is 0 Å². The van der Waals surface area contributed by atoms with Gasteiger partial charge in [0.25, 0.3) is 5.91 Å². The molecule has 2 rings (SSSR count). The molecule has 1 amide bonds. The average molecular weight is 304 g/mol. The molecule has 6 heteroatoms. The van der Waals surface area contributed by atoms with Crippen molar-refractivity contribution in [2.24, 2.45) is 0 Å². The quantitative estimate of drug-likeness (QED) is 0.899. The van der Waals surface area contributed by atoms with E-state index in [0.29, 0.717) is 11.6 Å². The first-order valence-corrected chi connectivity index (χ1v) is 6.87. The Morgan fingerprint density at radius 1 is 1.47 bits per heavy atom. The number of phenolic OH excluding ortho intramolecular Hbond substituents is 1. The van der Waals surface area contributed by atoms with E-state index in [-0.39, 0.29) is 34.4 Å². The Morgan fingerprint density at radius 2 is 2.16 bits per heavy atom. The van der Waals surface area contributed by atoms with E-state index in [1.54, 1.807) is 0 Å². The number of amides is 1. The highest BCUT2D eigenvalue weighted by Crippen LogP contribution is 2.31. The zero-order valence-electron chi connectivity index (χ0n) is 10.5. The minimum Gasteiger partial charge on any atom is -0.507 e. The Hall–Kier alpha value is -0.970. The number of hydrogen-bond donors (Lipinski definition) is 2. The van der Waals surface area contributed by atoms with Crippen molar-refractivity contribution in [3.05, 3.63) is 27.7 Å². The van der Waals surface area contributed by atoms with E-state index < -0.39 is 0 Å². The minimum atomic E-state index is -0.390. The molecule has 0 radical (unpaired) electrons. The minimum absolute atomic E-state index is 0.0610. The van der Waals surface area contributed by atoms with Crippen LogP contribution in [0.1, 0.15) is 30.1 Å². The second kappa shape index (κ2) is 5.99. The summed E-state index contributed by atoms with van der Waals surface area (Å²) in [5.41, 5.74) is 0.0610. The summed E-state index contributed by atoms with van der Waals surface area (Å²) in [6.07, 6.45) is 1.78. The van der Waals surface area contributed by atoms with Crippen molar-refractivity contribution < 1.29 is 14.6 Å². The smallest absolute Gasteiger partial charge is 0.256 e. The molecule has 4 nitrogen and oxygen atoms in total. The third-order valence-corrected chi connectivity index (χ3v) is 3.61. The van der Waals surface area contributed by atoms with Gasteiger partial charge in [-0.3, -0.25) is 4.79 Å². The molecule has 1 saturated carbocycles. The van der Waals surface area contributed by atoms with Gasteiger partial charge < -0.3 is 15.2 Å². The zero-order chi connectivity index (χ0) is 14.0. The summed E-state index contributed by atoms with van der Waals surface area (Å²) in [5, 5.41) is 13.0. The number of hydrogen-bond acceptors (Lipinski definition) is 3. The van der Waals surface area contributed by atoms with Gasteiger partial charge in [0.15, 0.2) is 0 Å². The highest BCUT2D eigenvalue weighted by Gasteiger charge is 2.31. The molecule has 1 aromatic rings. The molecule has 0 unspecified atom stereocenters. The molecule has 0 bridgehead atoms. The van der Waals surface area contributed by atoms with Crippen molar-refractivity contribution in [2.75, 3.05) is 6.61 Å². The Morgan fingerprint density at radius 3 is 2.74 bits per heavy atom. The summed E-state index contributed by atoms with van der Waals surface area (Å²) >= 11 is 11.7. The van der Waals surface area contributed by atoms with Crippen LogP contribution in [-0.2, 0) is 4.74 Å². The summed E-state index contributed by atoms with van der Waals surface area (Å²) in [4.78, 5) is 12.0. The maximum Gasteiger partial charge on any atom is 0.256 e. The largest absolute Gasteiger partial charge is 0.507 e. The predicted molar refractivity (Wildman–Crippen MR) is 74.0 cm³/mol. The van der Waals surface area contributed by atoms with Crippen LogP contribution >= 0.6 is 23.2 Å². The molecule has 0 heterocycles. The van der Waals surface area contributed by atoms with Gasteiger partial charge in [0, 0.05) is 17.7 Å². The molecule has 0 saturated heterocycles. The lowest BCUT2D eigenvalue weighted by Gasteiger charge is -2.35. The van der Waals surface area contributed by atoms with Crippen LogP contribution in [-0.4, -0.2) is 29.8 Å². The predicted octanol–water partition coefficient (Wildman–Crippen LogP) is 3.00. The second-order valence-corrected chi connectivity index (χ2v) is 5.34. The van der Waals surface area contributed by atoms with E-state index in [2.05, 4.69) is 5.32 Å². The summed E-state index contributed by atoms with van der Waals surface area (Å²) < 4.78 is 5.41. The van der Waals surface area contributed by atoms with Gasteiger partial charge in [-0.25, -0.2) is 0 Å². The van der Waals surface area contributed by atoms with E-state index in [9.17, 15) is 9.90 Å². The Kier molecular flexibility index (Phi) is 4.55. The molecule has 1 aromatic carbocycles. The van der Waals surface area contributed by atoms with Crippen molar-refractivity contribution in [2.45, 2.75) is 31.9 Å². The van der Waals surface area contributed by atoms with Crippen LogP contribution in [0.25, 0.3) is 0 Å². The molecular formula is C13H15Cl2NO3. The van der Waals surface area contributed by atoms with Gasteiger partial charge in [0.1, 0.15) is 5.75 Å². The van der Waals surface area contributed by atoms with Crippen LogP contribution in [0.4, 0.5) is 0 Å². The van der Waals surface area contributed by atoms with Crippen molar-refractivity contribution in [1.82, 2.24) is 5.32 Å². The van der Waals surface area contributed by atoms with Gasteiger partial charge in [-0.05, 0) is 31.9 Å². The molecule has 0 spiro atoms. The third-order valence-electron chi connectivity index (χ3n) is 3.09. The lowest BCUT2D eigenvalue weighted by molar-refractivity contribution is -0.00863. The Bertz CT molecular complexity index is 464. The van der Waals surface area contributed by atoms with Crippen molar-refractivity contribution in [1.29, 1.82) is 0 Å². The van der Waals surface area contributed by atoms with Crippen LogP contribution in [0, 0.1) is 0 Å². The van der Waals surface area contributed by atoms with E-state index in [1.807, 2.05) is 6.92 Å². The molecule has 0 aromatic heterocycles. The third kappa shape index (κ3) is 3.32. The SMILES string of the molecule is CCOC1CC(NC(=O)c2c(O)cc(Cl)cc2Cl)C1. The number of carbonyl (C=O) groups is 1. The Labute approximate surface area is 121 Å². The van der Waals surface area contributed by atoms with Gasteiger partial charge in [0.2, 0.25) is 0 Å².